The number of nitrogens with one attached hydrogen (secondary N) is 1. The van der Waals surface area contributed by atoms with Gasteiger partial charge in [0.25, 0.3) is 11.7 Å². The molecule has 0 saturated carbocycles. The van der Waals surface area contributed by atoms with Gasteiger partial charge in [0.2, 0.25) is 5.89 Å². The lowest BCUT2D eigenvalue weighted by molar-refractivity contribution is 0.0945. The number of nitriles is 1. The van der Waals surface area contributed by atoms with Crippen LogP contribution in [0.1, 0.15) is 16.5 Å². The molecule has 12 heavy (non-hydrogen) atoms. The van der Waals surface area contributed by atoms with Crippen LogP contribution in [0.4, 0.5) is 0 Å². The third-order valence-electron chi connectivity index (χ3n) is 1.06. The largest absolute Gasteiger partial charge is 0.339 e. The summed E-state index contributed by atoms with van der Waals surface area (Å²) in [5.41, 5.74) is 0. The molecule has 0 spiro atoms. The van der Waals surface area contributed by atoms with Gasteiger partial charge in [-0.25, -0.2) is 0 Å². The maximum absolute atomic E-state index is 11.0. The molecule has 0 saturated heterocycles. The van der Waals surface area contributed by atoms with E-state index in [1.54, 1.807) is 13.0 Å². The van der Waals surface area contributed by atoms with Crippen LogP contribution in [-0.4, -0.2) is 22.6 Å². The average molecular weight is 166 g/mol. The molecule has 0 unspecified atom stereocenters. The lowest BCUT2D eigenvalue weighted by Gasteiger charge is -1.91. The lowest BCUT2D eigenvalue weighted by Crippen LogP contribution is -2.24. The summed E-state index contributed by atoms with van der Waals surface area (Å²) in [6, 6.07) is 1.76. The Hall–Kier alpha value is -1.90. The van der Waals surface area contributed by atoms with E-state index in [9.17, 15) is 4.79 Å². The Morgan fingerprint density at radius 1 is 1.83 bits per heavy atom. The predicted molar refractivity (Wildman–Crippen MR) is 37.0 cm³/mol. The van der Waals surface area contributed by atoms with Crippen molar-refractivity contribution in [3.8, 4) is 6.07 Å². The van der Waals surface area contributed by atoms with Crippen molar-refractivity contribution in [3.05, 3.63) is 11.7 Å². The minimum Gasteiger partial charge on any atom is -0.339 e. The SMILES string of the molecule is Cc1nc(C(=O)NCC#N)no1. The lowest BCUT2D eigenvalue weighted by atomic mass is 10.5. The van der Waals surface area contributed by atoms with E-state index in [0.717, 1.165) is 0 Å². The smallest absolute Gasteiger partial charge is 0.293 e. The second-order valence-electron chi connectivity index (χ2n) is 1.98. The van der Waals surface area contributed by atoms with Crippen molar-refractivity contribution >= 4 is 5.91 Å². The number of hydrogen-bond donors (Lipinski definition) is 1. The van der Waals surface area contributed by atoms with Crippen molar-refractivity contribution in [1.82, 2.24) is 15.5 Å². The fourth-order valence-electron chi connectivity index (χ4n) is 0.590. The summed E-state index contributed by atoms with van der Waals surface area (Å²) in [5.74, 6) is -0.242. The molecule has 1 amide bonds. The number of hydrogen-bond acceptors (Lipinski definition) is 5. The van der Waals surface area contributed by atoms with Gasteiger partial charge in [-0.05, 0) is 0 Å². The minimum absolute atomic E-state index is 0.0530. The molecule has 0 aliphatic carbocycles. The highest BCUT2D eigenvalue weighted by Crippen LogP contribution is 1.93. The Kier molecular flexibility index (Phi) is 2.38. The molecule has 0 radical (unpaired) electrons. The van der Waals surface area contributed by atoms with E-state index in [1.165, 1.54) is 0 Å². The summed E-state index contributed by atoms with van der Waals surface area (Å²) in [7, 11) is 0. The summed E-state index contributed by atoms with van der Waals surface area (Å²) in [6.07, 6.45) is 0. The van der Waals surface area contributed by atoms with E-state index >= 15 is 0 Å². The van der Waals surface area contributed by atoms with Crippen LogP contribution in [0.2, 0.25) is 0 Å². The summed E-state index contributed by atoms with van der Waals surface area (Å²) < 4.78 is 4.56. The molecule has 62 valence electrons. The van der Waals surface area contributed by atoms with Gasteiger partial charge in [0.05, 0.1) is 6.07 Å². The summed E-state index contributed by atoms with van der Waals surface area (Å²) in [4.78, 5) is 14.6. The molecule has 6 nitrogen and oxygen atoms in total. The van der Waals surface area contributed by atoms with Gasteiger partial charge < -0.3 is 9.84 Å². The van der Waals surface area contributed by atoms with Gasteiger partial charge in [-0.1, -0.05) is 5.16 Å². The Morgan fingerprint density at radius 3 is 3.08 bits per heavy atom. The number of aryl methyl sites for hydroxylation is 1. The van der Waals surface area contributed by atoms with Crippen molar-refractivity contribution in [3.63, 3.8) is 0 Å². The van der Waals surface area contributed by atoms with E-state index in [2.05, 4.69) is 20.0 Å². The molecule has 0 aliphatic rings. The first-order valence-corrected chi connectivity index (χ1v) is 3.19. The molecule has 1 aromatic heterocycles. The van der Waals surface area contributed by atoms with Gasteiger partial charge in [0, 0.05) is 6.92 Å². The molecule has 0 fully saturated rings. The highest BCUT2D eigenvalue weighted by molar-refractivity contribution is 5.90. The zero-order valence-electron chi connectivity index (χ0n) is 6.37. The zero-order valence-corrected chi connectivity index (χ0v) is 6.37. The summed E-state index contributed by atoms with van der Waals surface area (Å²) in [5, 5.41) is 13.8. The van der Waals surface area contributed by atoms with Crippen LogP contribution in [0.25, 0.3) is 0 Å². The first kappa shape index (κ1) is 8.20. The Balaban J connectivity index is 2.61. The fourth-order valence-corrected chi connectivity index (χ4v) is 0.590. The highest BCUT2D eigenvalue weighted by Gasteiger charge is 2.10. The van der Waals surface area contributed by atoms with Crippen LogP contribution in [0.3, 0.4) is 0 Å². The number of amides is 1. The molecule has 0 atom stereocenters. The molecule has 0 aromatic carbocycles. The Labute approximate surface area is 68.2 Å². The number of aromatic nitrogens is 2. The molecule has 1 heterocycles. The van der Waals surface area contributed by atoms with Crippen LogP contribution in [-0.2, 0) is 0 Å². The fraction of sp³-hybridized carbons (Fsp3) is 0.333. The summed E-state index contributed by atoms with van der Waals surface area (Å²) in [6.45, 7) is 1.51. The molecule has 0 aliphatic heterocycles. The minimum atomic E-state index is -0.506. The van der Waals surface area contributed by atoms with Crippen molar-refractivity contribution < 1.29 is 9.32 Å². The van der Waals surface area contributed by atoms with E-state index in [1.807, 2.05) is 0 Å². The van der Waals surface area contributed by atoms with Crippen LogP contribution < -0.4 is 5.32 Å². The molecule has 6 heteroatoms. The zero-order chi connectivity index (χ0) is 8.97. The Morgan fingerprint density at radius 2 is 2.58 bits per heavy atom. The van der Waals surface area contributed by atoms with Gasteiger partial charge in [0.15, 0.2) is 0 Å². The molecule has 1 N–H and O–H groups in total. The van der Waals surface area contributed by atoms with Crippen molar-refractivity contribution in [2.45, 2.75) is 6.92 Å². The van der Waals surface area contributed by atoms with Crippen molar-refractivity contribution in [2.24, 2.45) is 0 Å². The van der Waals surface area contributed by atoms with Crippen LogP contribution in [0.5, 0.6) is 0 Å². The maximum Gasteiger partial charge on any atom is 0.293 e. The third kappa shape index (κ3) is 1.79. The standard InChI is InChI=1S/C6H6N4O2/c1-4-9-5(10-12-4)6(11)8-3-2-7/h3H2,1H3,(H,8,11). The van der Waals surface area contributed by atoms with E-state index in [-0.39, 0.29) is 12.4 Å². The van der Waals surface area contributed by atoms with Gasteiger partial charge in [-0.2, -0.15) is 10.2 Å². The van der Waals surface area contributed by atoms with Gasteiger partial charge in [-0.15, -0.1) is 0 Å². The second kappa shape index (κ2) is 3.48. The number of rotatable bonds is 2. The predicted octanol–water partition coefficient (Wildman–Crippen LogP) is -0.369. The average Bonchev–Trinajstić information content (AvgIpc) is 2.47. The molecule has 1 aromatic rings. The van der Waals surface area contributed by atoms with Crippen molar-refractivity contribution in [1.29, 1.82) is 5.26 Å². The van der Waals surface area contributed by atoms with E-state index in [4.69, 9.17) is 5.26 Å². The number of carbonyl (C=O) groups excluding carboxylic acids is 1. The van der Waals surface area contributed by atoms with Crippen LogP contribution >= 0.6 is 0 Å². The number of carbonyl (C=O) groups is 1. The highest BCUT2D eigenvalue weighted by atomic mass is 16.5. The Bertz CT molecular complexity index is 325. The van der Waals surface area contributed by atoms with Gasteiger partial charge >= 0.3 is 0 Å². The first-order valence-electron chi connectivity index (χ1n) is 3.19. The molecular weight excluding hydrogens is 160 g/mol. The maximum atomic E-state index is 11.0. The van der Waals surface area contributed by atoms with Gasteiger partial charge in [0.1, 0.15) is 6.54 Å². The number of nitrogens with zero attached hydrogens (tertiary/aromatic N) is 3. The normalized spacial score (nSPS) is 9.00. The quantitative estimate of drug-likeness (QED) is 0.605. The second-order valence-corrected chi connectivity index (χ2v) is 1.98. The van der Waals surface area contributed by atoms with Crippen LogP contribution in [0, 0.1) is 18.3 Å². The first-order chi connectivity index (χ1) is 5.74. The molecular formula is C6H6N4O2. The topological polar surface area (TPSA) is 91.8 Å². The monoisotopic (exact) mass is 166 g/mol. The van der Waals surface area contributed by atoms with E-state index in [0.29, 0.717) is 5.89 Å². The molecule has 1 rings (SSSR count). The summed E-state index contributed by atoms with van der Waals surface area (Å²) >= 11 is 0. The van der Waals surface area contributed by atoms with Gasteiger partial charge in [-0.3, -0.25) is 4.79 Å². The van der Waals surface area contributed by atoms with E-state index < -0.39 is 5.91 Å². The third-order valence-corrected chi connectivity index (χ3v) is 1.06. The van der Waals surface area contributed by atoms with Crippen molar-refractivity contribution in [2.75, 3.05) is 6.54 Å². The van der Waals surface area contributed by atoms with Crippen LogP contribution in [0.15, 0.2) is 4.52 Å². The molecule has 0 bridgehead atoms.